The maximum Gasteiger partial charge on any atom is 0.308 e. The fourth-order valence-electron chi connectivity index (χ4n) is 2.90. The van der Waals surface area contributed by atoms with Gasteiger partial charge < -0.3 is 15.4 Å². The highest BCUT2D eigenvalue weighted by Gasteiger charge is 2.09. The van der Waals surface area contributed by atoms with Crippen molar-refractivity contribution in [3.8, 4) is 5.75 Å². The number of carbonyl (C=O) groups is 3. The molecule has 0 bridgehead atoms. The monoisotopic (exact) mass is 480 g/mol. The quantitative estimate of drug-likeness (QED) is 0.385. The molecule has 2 N–H and O–H groups in total. The average Bonchev–Trinajstić information content (AvgIpc) is 2.73. The number of hydrogen-bond acceptors (Lipinski definition) is 4. The van der Waals surface area contributed by atoms with Crippen molar-refractivity contribution in [2.24, 2.45) is 0 Å². The van der Waals surface area contributed by atoms with Crippen LogP contribution in [0.5, 0.6) is 5.75 Å². The van der Waals surface area contributed by atoms with E-state index in [0.717, 1.165) is 15.6 Å². The fourth-order valence-corrected chi connectivity index (χ4v) is 3.17. The van der Waals surface area contributed by atoms with Crippen LogP contribution in [0.4, 0.5) is 5.69 Å². The van der Waals surface area contributed by atoms with E-state index in [1.54, 1.807) is 24.3 Å². The third kappa shape index (κ3) is 7.08. The van der Waals surface area contributed by atoms with Gasteiger partial charge in [0.15, 0.2) is 0 Å². The molecule has 3 rings (SSSR count). The van der Waals surface area contributed by atoms with Crippen LogP contribution in [0.25, 0.3) is 0 Å². The minimum Gasteiger partial charge on any atom is -0.427 e. The highest BCUT2D eigenvalue weighted by molar-refractivity contribution is 9.10. The van der Waals surface area contributed by atoms with Gasteiger partial charge in [0.25, 0.3) is 5.91 Å². The number of ether oxygens (including phenoxy) is 1. The summed E-state index contributed by atoms with van der Waals surface area (Å²) in [5.74, 6) is -0.545. The van der Waals surface area contributed by atoms with Crippen LogP contribution < -0.4 is 15.4 Å². The van der Waals surface area contributed by atoms with Crippen molar-refractivity contribution >= 4 is 39.4 Å². The number of benzene rings is 3. The summed E-state index contributed by atoms with van der Waals surface area (Å²) < 4.78 is 5.97. The van der Waals surface area contributed by atoms with Crippen molar-refractivity contribution in [3.63, 3.8) is 0 Å². The van der Waals surface area contributed by atoms with E-state index in [1.807, 2.05) is 42.5 Å². The van der Waals surface area contributed by atoms with Gasteiger partial charge in [0, 0.05) is 29.2 Å². The van der Waals surface area contributed by atoms with Crippen LogP contribution >= 0.6 is 15.9 Å². The molecule has 158 valence electrons. The molecule has 0 aliphatic heterocycles. The summed E-state index contributed by atoms with van der Waals surface area (Å²) in [5.41, 5.74) is 2.80. The lowest BCUT2D eigenvalue weighted by molar-refractivity contribution is -0.131. The Hall–Kier alpha value is -3.45. The number of hydrogen-bond donors (Lipinski definition) is 2. The summed E-state index contributed by atoms with van der Waals surface area (Å²) in [7, 11) is 0. The van der Waals surface area contributed by atoms with E-state index in [2.05, 4.69) is 26.6 Å². The molecular formula is C24H21BrN2O4. The fraction of sp³-hybridized carbons (Fsp3) is 0.125. The average molecular weight is 481 g/mol. The molecule has 3 aromatic carbocycles. The van der Waals surface area contributed by atoms with Crippen LogP contribution in [0.3, 0.4) is 0 Å². The van der Waals surface area contributed by atoms with E-state index < -0.39 is 5.97 Å². The topological polar surface area (TPSA) is 84.5 Å². The van der Waals surface area contributed by atoms with E-state index in [1.165, 1.54) is 13.0 Å². The maximum absolute atomic E-state index is 12.4. The van der Waals surface area contributed by atoms with E-state index in [0.29, 0.717) is 17.0 Å². The van der Waals surface area contributed by atoms with Gasteiger partial charge in [0.1, 0.15) is 5.75 Å². The van der Waals surface area contributed by atoms with Crippen molar-refractivity contribution in [2.45, 2.75) is 19.9 Å². The Balaban J connectivity index is 1.56. The Bertz CT molecular complexity index is 1100. The highest BCUT2D eigenvalue weighted by Crippen LogP contribution is 2.15. The zero-order chi connectivity index (χ0) is 22.2. The normalized spacial score (nSPS) is 10.3. The Labute approximate surface area is 188 Å². The summed E-state index contributed by atoms with van der Waals surface area (Å²) >= 11 is 3.38. The second kappa shape index (κ2) is 10.5. The van der Waals surface area contributed by atoms with E-state index in [9.17, 15) is 14.4 Å². The Kier molecular flexibility index (Phi) is 7.56. The smallest absolute Gasteiger partial charge is 0.308 e. The number of halogens is 1. The molecule has 0 aliphatic carbocycles. The third-order valence-electron chi connectivity index (χ3n) is 4.30. The molecule has 31 heavy (non-hydrogen) atoms. The van der Waals surface area contributed by atoms with Crippen molar-refractivity contribution in [2.75, 3.05) is 5.32 Å². The predicted octanol–water partition coefficient (Wildman–Crippen LogP) is 4.49. The minimum absolute atomic E-state index is 0.120. The predicted molar refractivity (Wildman–Crippen MR) is 122 cm³/mol. The van der Waals surface area contributed by atoms with Gasteiger partial charge in [-0.25, -0.2) is 0 Å². The van der Waals surface area contributed by atoms with E-state index >= 15 is 0 Å². The molecule has 0 atom stereocenters. The molecule has 0 aliphatic rings. The van der Waals surface area contributed by atoms with Gasteiger partial charge in [0.05, 0.1) is 6.42 Å². The van der Waals surface area contributed by atoms with Gasteiger partial charge in [-0.05, 0) is 53.6 Å². The Morgan fingerprint density at radius 2 is 1.65 bits per heavy atom. The molecule has 0 unspecified atom stereocenters. The number of carbonyl (C=O) groups excluding carboxylic acids is 3. The van der Waals surface area contributed by atoms with Crippen LogP contribution in [0, 0.1) is 0 Å². The maximum atomic E-state index is 12.4. The van der Waals surface area contributed by atoms with Crippen LogP contribution in [0.1, 0.15) is 28.4 Å². The molecule has 0 fully saturated rings. The van der Waals surface area contributed by atoms with E-state index in [-0.39, 0.29) is 24.8 Å². The van der Waals surface area contributed by atoms with Gasteiger partial charge in [0.2, 0.25) is 5.91 Å². The van der Waals surface area contributed by atoms with Gasteiger partial charge in [-0.2, -0.15) is 0 Å². The summed E-state index contributed by atoms with van der Waals surface area (Å²) in [6, 6.07) is 21.3. The summed E-state index contributed by atoms with van der Waals surface area (Å²) in [4.78, 5) is 35.8. The molecule has 0 saturated heterocycles. The lowest BCUT2D eigenvalue weighted by Gasteiger charge is -2.10. The first kappa shape index (κ1) is 22.2. The molecule has 7 heteroatoms. The second-order valence-electron chi connectivity index (χ2n) is 6.86. The minimum atomic E-state index is -0.448. The molecule has 2 amide bonds. The lowest BCUT2D eigenvalue weighted by atomic mass is 10.1. The number of nitrogens with one attached hydrogen (secondary N) is 2. The molecule has 0 spiro atoms. The van der Waals surface area contributed by atoms with Crippen molar-refractivity contribution < 1.29 is 19.1 Å². The third-order valence-corrected chi connectivity index (χ3v) is 4.83. The molecular weight excluding hydrogens is 460 g/mol. The standard InChI is InChI=1S/C24H21BrN2O4/c1-16(28)31-22-7-3-5-19(14-22)24(30)26-15-18-4-2-6-21(12-18)27-23(29)13-17-8-10-20(25)11-9-17/h2-12,14H,13,15H2,1H3,(H,26,30)(H,27,29). The summed E-state index contributed by atoms with van der Waals surface area (Å²) in [6.45, 7) is 1.59. The zero-order valence-corrected chi connectivity index (χ0v) is 18.4. The second-order valence-corrected chi connectivity index (χ2v) is 7.77. The molecule has 0 heterocycles. The number of anilines is 1. The SMILES string of the molecule is CC(=O)Oc1cccc(C(=O)NCc2cccc(NC(=O)Cc3ccc(Br)cc3)c2)c1. The highest BCUT2D eigenvalue weighted by atomic mass is 79.9. The Morgan fingerprint density at radius 1 is 0.903 bits per heavy atom. The summed E-state index contributed by atoms with van der Waals surface area (Å²) in [6.07, 6.45) is 0.271. The lowest BCUT2D eigenvalue weighted by Crippen LogP contribution is -2.23. The van der Waals surface area contributed by atoms with Crippen LogP contribution in [0.15, 0.2) is 77.3 Å². The van der Waals surface area contributed by atoms with Gasteiger partial charge in [-0.3, -0.25) is 14.4 Å². The first-order chi connectivity index (χ1) is 14.9. The van der Waals surface area contributed by atoms with Crippen molar-refractivity contribution in [1.29, 1.82) is 0 Å². The van der Waals surface area contributed by atoms with Crippen LogP contribution in [-0.2, 0) is 22.6 Å². The molecule has 0 radical (unpaired) electrons. The first-order valence-corrected chi connectivity index (χ1v) is 10.4. The van der Waals surface area contributed by atoms with Gasteiger partial charge in [-0.15, -0.1) is 0 Å². The largest absolute Gasteiger partial charge is 0.427 e. The summed E-state index contributed by atoms with van der Waals surface area (Å²) in [5, 5.41) is 5.70. The number of amides is 2. The van der Waals surface area contributed by atoms with E-state index in [4.69, 9.17) is 4.74 Å². The van der Waals surface area contributed by atoms with Crippen LogP contribution in [0.2, 0.25) is 0 Å². The molecule has 0 aromatic heterocycles. The molecule has 3 aromatic rings. The first-order valence-electron chi connectivity index (χ1n) is 9.59. The van der Waals surface area contributed by atoms with Gasteiger partial charge >= 0.3 is 5.97 Å². The van der Waals surface area contributed by atoms with Crippen molar-refractivity contribution in [3.05, 3.63) is 94.0 Å². The number of rotatable bonds is 7. The molecule has 0 saturated carbocycles. The molecule has 6 nitrogen and oxygen atoms in total. The van der Waals surface area contributed by atoms with Gasteiger partial charge in [-0.1, -0.05) is 46.3 Å². The Morgan fingerprint density at radius 3 is 2.39 bits per heavy atom. The van der Waals surface area contributed by atoms with Crippen molar-refractivity contribution in [1.82, 2.24) is 5.32 Å². The number of esters is 1. The zero-order valence-electron chi connectivity index (χ0n) is 16.9. The van der Waals surface area contributed by atoms with Crippen LogP contribution in [-0.4, -0.2) is 17.8 Å².